The van der Waals surface area contributed by atoms with Gasteiger partial charge in [0.25, 0.3) is 0 Å². The second-order valence-corrected chi connectivity index (χ2v) is 7.70. The number of benzene rings is 1. The number of carboxylic acid groups (broad SMARTS) is 1. The molecule has 0 bridgehead atoms. The maximum absolute atomic E-state index is 11.7. The van der Waals surface area contributed by atoms with Crippen molar-refractivity contribution in [1.29, 1.82) is 0 Å². The van der Waals surface area contributed by atoms with Crippen LogP contribution >= 0.6 is 0 Å². The van der Waals surface area contributed by atoms with E-state index in [4.69, 9.17) is 5.11 Å². The number of aromatic amines is 1. The highest BCUT2D eigenvalue weighted by atomic mass is 32.2. The van der Waals surface area contributed by atoms with Gasteiger partial charge in [-0.15, -0.1) is 0 Å². The van der Waals surface area contributed by atoms with Crippen molar-refractivity contribution in [1.82, 2.24) is 4.98 Å². The van der Waals surface area contributed by atoms with Crippen LogP contribution in [0.3, 0.4) is 0 Å². The van der Waals surface area contributed by atoms with Crippen molar-refractivity contribution < 1.29 is 18.3 Å². The highest BCUT2D eigenvalue weighted by Crippen LogP contribution is 2.38. The summed E-state index contributed by atoms with van der Waals surface area (Å²) < 4.78 is 23.4. The second-order valence-electron chi connectivity index (χ2n) is 5.68. The van der Waals surface area contributed by atoms with Gasteiger partial charge in [-0.25, -0.2) is 8.42 Å². The lowest BCUT2D eigenvalue weighted by molar-refractivity contribution is -0.137. The molecule has 1 heterocycles. The van der Waals surface area contributed by atoms with Crippen LogP contribution in [0.1, 0.15) is 36.4 Å². The summed E-state index contributed by atoms with van der Waals surface area (Å²) in [5.74, 6) is -0.816. The van der Waals surface area contributed by atoms with Gasteiger partial charge in [0, 0.05) is 28.8 Å². The zero-order chi connectivity index (χ0) is 15.2. The third-order valence-corrected chi connectivity index (χ3v) is 5.26. The Balaban J connectivity index is 2.15. The first kappa shape index (κ1) is 14.1. The van der Waals surface area contributed by atoms with Crippen molar-refractivity contribution >= 4 is 26.7 Å². The molecule has 1 unspecified atom stereocenters. The van der Waals surface area contributed by atoms with Gasteiger partial charge in [-0.1, -0.05) is 0 Å². The number of nitrogens with one attached hydrogen (secondary N) is 1. The molecule has 0 spiro atoms. The SMILES string of the molecule is CS(=O)(=O)c1ccc2[nH]c3c(c2c1)CCCC3CC(=O)O. The zero-order valence-electron chi connectivity index (χ0n) is 11.7. The fourth-order valence-electron chi connectivity index (χ4n) is 3.18. The van der Waals surface area contributed by atoms with E-state index >= 15 is 0 Å². The molecule has 1 aromatic heterocycles. The molecule has 1 aliphatic rings. The van der Waals surface area contributed by atoms with E-state index in [9.17, 15) is 13.2 Å². The van der Waals surface area contributed by atoms with Gasteiger partial charge in [0.2, 0.25) is 0 Å². The summed E-state index contributed by atoms with van der Waals surface area (Å²) in [7, 11) is -3.24. The van der Waals surface area contributed by atoms with Crippen molar-refractivity contribution in [3.8, 4) is 0 Å². The highest BCUT2D eigenvalue weighted by molar-refractivity contribution is 7.90. The predicted octanol–water partition coefficient (Wildman–Crippen LogP) is 2.47. The Morgan fingerprint density at radius 1 is 1.43 bits per heavy atom. The largest absolute Gasteiger partial charge is 0.481 e. The fraction of sp³-hybridized carbons (Fsp3) is 0.400. The number of aryl methyl sites for hydroxylation is 1. The quantitative estimate of drug-likeness (QED) is 0.912. The molecule has 0 radical (unpaired) electrons. The number of H-pyrrole nitrogens is 1. The van der Waals surface area contributed by atoms with Crippen LogP contribution in [0, 0.1) is 0 Å². The van der Waals surface area contributed by atoms with Crippen LogP contribution in [0.2, 0.25) is 0 Å². The Kier molecular flexibility index (Phi) is 3.28. The van der Waals surface area contributed by atoms with E-state index in [0.29, 0.717) is 4.90 Å². The van der Waals surface area contributed by atoms with Crippen LogP contribution in [0.15, 0.2) is 23.1 Å². The molecule has 0 saturated carbocycles. The number of hydrogen-bond acceptors (Lipinski definition) is 3. The van der Waals surface area contributed by atoms with Crippen LogP contribution in [-0.4, -0.2) is 30.7 Å². The Hall–Kier alpha value is -1.82. The molecule has 112 valence electrons. The summed E-state index contributed by atoms with van der Waals surface area (Å²) in [5.41, 5.74) is 2.92. The fourth-order valence-corrected chi connectivity index (χ4v) is 3.83. The molecule has 3 rings (SSSR count). The number of fused-ring (bicyclic) bond motifs is 3. The van der Waals surface area contributed by atoms with Gasteiger partial charge >= 0.3 is 5.97 Å². The van der Waals surface area contributed by atoms with Crippen LogP contribution in [0.5, 0.6) is 0 Å². The number of rotatable bonds is 3. The van der Waals surface area contributed by atoms with Crippen LogP contribution < -0.4 is 0 Å². The minimum Gasteiger partial charge on any atom is -0.481 e. The Bertz CT molecular complexity index is 820. The normalized spacial score (nSPS) is 18.6. The monoisotopic (exact) mass is 307 g/mol. The van der Waals surface area contributed by atoms with E-state index in [1.54, 1.807) is 18.2 Å². The number of aliphatic carboxylic acids is 1. The van der Waals surface area contributed by atoms with Crippen molar-refractivity contribution in [2.45, 2.75) is 36.5 Å². The van der Waals surface area contributed by atoms with Crippen molar-refractivity contribution in [3.05, 3.63) is 29.5 Å². The molecule has 5 nitrogen and oxygen atoms in total. The Labute approximate surface area is 122 Å². The summed E-state index contributed by atoms with van der Waals surface area (Å²) in [6, 6.07) is 5.05. The molecule has 0 fully saturated rings. The maximum Gasteiger partial charge on any atom is 0.304 e. The van der Waals surface area contributed by atoms with Crippen molar-refractivity contribution in [2.75, 3.05) is 6.26 Å². The van der Waals surface area contributed by atoms with Crippen LogP contribution in [-0.2, 0) is 21.1 Å². The number of aromatic nitrogens is 1. The average Bonchev–Trinajstić information content (AvgIpc) is 2.76. The molecule has 6 heteroatoms. The Morgan fingerprint density at radius 3 is 2.86 bits per heavy atom. The summed E-state index contributed by atoms with van der Waals surface area (Å²) in [4.78, 5) is 14.6. The molecule has 0 aliphatic heterocycles. The van der Waals surface area contributed by atoms with Gasteiger partial charge in [-0.3, -0.25) is 4.79 Å². The predicted molar refractivity (Wildman–Crippen MR) is 79.3 cm³/mol. The summed E-state index contributed by atoms with van der Waals surface area (Å²) >= 11 is 0. The smallest absolute Gasteiger partial charge is 0.304 e. The van der Waals surface area contributed by atoms with Gasteiger partial charge in [0.05, 0.1) is 11.3 Å². The summed E-state index contributed by atoms with van der Waals surface area (Å²) in [6.07, 6.45) is 3.95. The molecular formula is C15H17NO4S. The molecule has 1 aliphatic carbocycles. The first-order chi connectivity index (χ1) is 9.86. The first-order valence-electron chi connectivity index (χ1n) is 6.92. The van der Waals surface area contributed by atoms with Gasteiger partial charge in [-0.2, -0.15) is 0 Å². The van der Waals surface area contributed by atoms with Crippen LogP contribution in [0.25, 0.3) is 10.9 Å². The maximum atomic E-state index is 11.7. The summed E-state index contributed by atoms with van der Waals surface area (Å²) in [6.45, 7) is 0. The lowest BCUT2D eigenvalue weighted by atomic mass is 9.85. The molecule has 2 N–H and O–H groups in total. The second kappa shape index (κ2) is 4.87. The van der Waals surface area contributed by atoms with Crippen molar-refractivity contribution in [3.63, 3.8) is 0 Å². The molecule has 1 atom stereocenters. The van der Waals surface area contributed by atoms with Crippen molar-refractivity contribution in [2.24, 2.45) is 0 Å². The molecule has 2 aromatic rings. The van der Waals surface area contributed by atoms with Crippen LogP contribution in [0.4, 0.5) is 0 Å². The van der Waals surface area contributed by atoms with E-state index in [0.717, 1.165) is 41.4 Å². The van der Waals surface area contributed by atoms with E-state index in [2.05, 4.69) is 4.98 Å². The highest BCUT2D eigenvalue weighted by Gasteiger charge is 2.26. The number of carbonyl (C=O) groups is 1. The average molecular weight is 307 g/mol. The first-order valence-corrected chi connectivity index (χ1v) is 8.82. The minimum atomic E-state index is -3.24. The van der Waals surface area contributed by atoms with Gasteiger partial charge < -0.3 is 10.1 Å². The molecule has 0 amide bonds. The van der Waals surface area contributed by atoms with E-state index in [1.165, 1.54) is 6.26 Å². The van der Waals surface area contributed by atoms with Gasteiger partial charge in [0.15, 0.2) is 9.84 Å². The van der Waals surface area contributed by atoms with E-state index < -0.39 is 15.8 Å². The molecule has 1 aromatic carbocycles. The number of carboxylic acids is 1. The standard InChI is InChI=1S/C15H17NO4S/c1-21(19,20)10-5-6-13-12(8-10)11-4-2-3-9(7-14(17)18)15(11)16-13/h5-6,8-9,16H,2-4,7H2,1H3,(H,17,18). The zero-order valence-corrected chi connectivity index (χ0v) is 12.5. The number of hydrogen-bond donors (Lipinski definition) is 2. The van der Waals surface area contributed by atoms with E-state index in [-0.39, 0.29) is 12.3 Å². The third-order valence-electron chi connectivity index (χ3n) is 4.15. The Morgan fingerprint density at radius 2 is 2.19 bits per heavy atom. The lowest BCUT2D eigenvalue weighted by Gasteiger charge is -2.21. The topological polar surface area (TPSA) is 87.2 Å². The molecular weight excluding hydrogens is 290 g/mol. The number of sulfone groups is 1. The summed E-state index contributed by atoms with van der Waals surface area (Å²) in [5, 5.41) is 9.93. The minimum absolute atomic E-state index is 0.0136. The van der Waals surface area contributed by atoms with Gasteiger partial charge in [-0.05, 0) is 43.0 Å². The molecule has 0 saturated heterocycles. The lowest BCUT2D eigenvalue weighted by Crippen LogP contribution is -2.13. The molecule has 21 heavy (non-hydrogen) atoms. The van der Waals surface area contributed by atoms with E-state index in [1.807, 2.05) is 0 Å². The third kappa shape index (κ3) is 2.55. The van der Waals surface area contributed by atoms with Gasteiger partial charge in [0.1, 0.15) is 0 Å².